The van der Waals surface area contributed by atoms with Gasteiger partial charge in [-0.05, 0) is 62.6 Å². The highest BCUT2D eigenvalue weighted by Gasteiger charge is 2.24. The SMILES string of the molecule is Cc1cc(C)nc(Nc2cc([C@H]3CCCN(C(=O)/C=C/c4ccnn4C)C3)ccn2)n1. The average molecular weight is 418 g/mol. The molecular weight excluding hydrogens is 390 g/mol. The molecule has 160 valence electrons. The molecule has 0 aliphatic carbocycles. The number of likely N-dealkylation sites (tertiary alicyclic amines) is 1. The van der Waals surface area contributed by atoms with Crippen LogP contribution in [0.3, 0.4) is 0 Å². The molecule has 1 saturated heterocycles. The van der Waals surface area contributed by atoms with E-state index >= 15 is 0 Å². The molecule has 3 aromatic heterocycles. The maximum absolute atomic E-state index is 12.7. The van der Waals surface area contributed by atoms with Crippen LogP contribution in [0.25, 0.3) is 6.08 Å². The van der Waals surface area contributed by atoms with Gasteiger partial charge in [0.2, 0.25) is 11.9 Å². The first kappa shape index (κ1) is 20.7. The van der Waals surface area contributed by atoms with E-state index in [1.165, 1.54) is 0 Å². The number of nitrogens with one attached hydrogen (secondary N) is 1. The number of hydrogen-bond acceptors (Lipinski definition) is 6. The van der Waals surface area contributed by atoms with Crippen LogP contribution in [0.5, 0.6) is 0 Å². The van der Waals surface area contributed by atoms with Crippen LogP contribution in [-0.2, 0) is 11.8 Å². The lowest BCUT2D eigenvalue weighted by atomic mass is 9.91. The van der Waals surface area contributed by atoms with Gasteiger partial charge in [-0.1, -0.05) is 0 Å². The van der Waals surface area contributed by atoms with Crippen LogP contribution in [0.4, 0.5) is 11.8 Å². The molecule has 1 atom stereocenters. The molecule has 4 rings (SSSR count). The van der Waals surface area contributed by atoms with Gasteiger partial charge in [0, 0.05) is 55.9 Å². The second-order valence-electron chi connectivity index (χ2n) is 7.91. The fraction of sp³-hybridized carbons (Fsp3) is 0.348. The van der Waals surface area contributed by atoms with Crippen LogP contribution in [0.1, 0.15) is 41.4 Å². The molecule has 1 aliphatic rings. The molecule has 0 unspecified atom stereocenters. The predicted octanol–water partition coefficient (Wildman–Crippen LogP) is 3.38. The Morgan fingerprint density at radius 3 is 2.71 bits per heavy atom. The van der Waals surface area contributed by atoms with Crippen LogP contribution in [-0.4, -0.2) is 48.6 Å². The molecule has 0 aromatic carbocycles. The van der Waals surface area contributed by atoms with Crippen molar-refractivity contribution >= 4 is 23.7 Å². The molecular formula is C23H27N7O. The number of pyridine rings is 1. The van der Waals surface area contributed by atoms with Crippen LogP contribution in [0, 0.1) is 13.8 Å². The topological polar surface area (TPSA) is 88.8 Å². The summed E-state index contributed by atoms with van der Waals surface area (Å²) in [5.41, 5.74) is 3.88. The molecule has 3 aromatic rings. The normalized spacial score (nSPS) is 16.6. The zero-order valence-corrected chi connectivity index (χ0v) is 18.1. The highest BCUT2D eigenvalue weighted by Crippen LogP contribution is 2.28. The minimum absolute atomic E-state index is 0.0296. The second kappa shape index (κ2) is 9.07. The minimum atomic E-state index is 0.0296. The fourth-order valence-electron chi connectivity index (χ4n) is 3.92. The molecule has 0 radical (unpaired) electrons. The number of anilines is 2. The number of nitrogens with zero attached hydrogens (tertiary/aromatic N) is 6. The zero-order valence-electron chi connectivity index (χ0n) is 18.1. The number of rotatable bonds is 5. The van der Waals surface area contributed by atoms with E-state index in [-0.39, 0.29) is 11.8 Å². The maximum atomic E-state index is 12.7. The van der Waals surface area contributed by atoms with Gasteiger partial charge in [0.25, 0.3) is 0 Å². The van der Waals surface area contributed by atoms with Crippen molar-refractivity contribution in [1.82, 2.24) is 29.6 Å². The lowest BCUT2D eigenvalue weighted by molar-refractivity contribution is -0.127. The van der Waals surface area contributed by atoms with Crippen molar-refractivity contribution in [3.05, 3.63) is 65.4 Å². The van der Waals surface area contributed by atoms with Gasteiger partial charge in [-0.15, -0.1) is 0 Å². The van der Waals surface area contributed by atoms with E-state index in [1.54, 1.807) is 23.2 Å². The Labute approximate surface area is 182 Å². The fourth-order valence-corrected chi connectivity index (χ4v) is 3.92. The highest BCUT2D eigenvalue weighted by atomic mass is 16.2. The van der Waals surface area contributed by atoms with Gasteiger partial charge in [-0.2, -0.15) is 5.10 Å². The van der Waals surface area contributed by atoms with E-state index < -0.39 is 0 Å². The second-order valence-corrected chi connectivity index (χ2v) is 7.91. The molecule has 31 heavy (non-hydrogen) atoms. The third-order valence-electron chi connectivity index (χ3n) is 5.47. The Hall–Kier alpha value is -3.55. The van der Waals surface area contributed by atoms with Gasteiger partial charge in [0.05, 0.1) is 5.69 Å². The first-order valence-electron chi connectivity index (χ1n) is 10.5. The lowest BCUT2D eigenvalue weighted by Gasteiger charge is -2.32. The van der Waals surface area contributed by atoms with Crippen LogP contribution >= 0.6 is 0 Å². The number of piperidine rings is 1. The van der Waals surface area contributed by atoms with Crippen molar-refractivity contribution in [3.63, 3.8) is 0 Å². The number of carbonyl (C=O) groups is 1. The highest BCUT2D eigenvalue weighted by molar-refractivity contribution is 5.91. The minimum Gasteiger partial charge on any atom is -0.339 e. The first-order chi connectivity index (χ1) is 15.0. The van der Waals surface area contributed by atoms with Crippen molar-refractivity contribution in [3.8, 4) is 0 Å². The molecule has 1 aliphatic heterocycles. The quantitative estimate of drug-likeness (QED) is 0.640. The van der Waals surface area contributed by atoms with E-state index in [0.29, 0.717) is 18.3 Å². The smallest absolute Gasteiger partial charge is 0.246 e. The standard InChI is InChI=1S/C23H27N7O/c1-16-13-17(2)27-23(26-16)28-21-14-18(8-10-24-21)19-5-4-12-30(15-19)22(31)7-6-20-9-11-25-29(20)3/h6-11,13-14,19H,4-5,12,15H2,1-3H3,(H,24,26,27,28)/b7-6+/t19-/m0/s1. The van der Waals surface area contributed by atoms with E-state index in [0.717, 1.165) is 42.0 Å². The van der Waals surface area contributed by atoms with Gasteiger partial charge in [0.15, 0.2) is 0 Å². The molecule has 0 spiro atoms. The number of hydrogen-bond donors (Lipinski definition) is 1. The van der Waals surface area contributed by atoms with Gasteiger partial charge in [-0.3, -0.25) is 9.48 Å². The summed E-state index contributed by atoms with van der Waals surface area (Å²) >= 11 is 0. The molecule has 1 fully saturated rings. The van der Waals surface area contributed by atoms with Crippen molar-refractivity contribution in [2.45, 2.75) is 32.6 Å². The number of aromatic nitrogens is 5. The zero-order chi connectivity index (χ0) is 21.8. The number of aryl methyl sites for hydroxylation is 3. The molecule has 4 heterocycles. The molecule has 8 heteroatoms. The Bertz CT molecular complexity index is 1080. The Morgan fingerprint density at radius 1 is 1.16 bits per heavy atom. The lowest BCUT2D eigenvalue weighted by Crippen LogP contribution is -2.38. The van der Waals surface area contributed by atoms with Crippen molar-refractivity contribution in [2.75, 3.05) is 18.4 Å². The molecule has 0 bridgehead atoms. The summed E-state index contributed by atoms with van der Waals surface area (Å²) in [5.74, 6) is 1.55. The summed E-state index contributed by atoms with van der Waals surface area (Å²) in [6.07, 6.45) is 8.98. The van der Waals surface area contributed by atoms with E-state index in [2.05, 4.69) is 25.4 Å². The van der Waals surface area contributed by atoms with Gasteiger partial charge < -0.3 is 10.2 Å². The summed E-state index contributed by atoms with van der Waals surface area (Å²) in [6.45, 7) is 5.36. The van der Waals surface area contributed by atoms with Crippen LogP contribution in [0.15, 0.2) is 42.7 Å². The summed E-state index contributed by atoms with van der Waals surface area (Å²) in [7, 11) is 1.86. The van der Waals surface area contributed by atoms with E-state index in [9.17, 15) is 4.79 Å². The van der Waals surface area contributed by atoms with Crippen LogP contribution < -0.4 is 5.32 Å². The summed E-state index contributed by atoms with van der Waals surface area (Å²) in [6, 6.07) is 7.88. The Morgan fingerprint density at radius 2 is 1.97 bits per heavy atom. The molecule has 0 saturated carbocycles. The maximum Gasteiger partial charge on any atom is 0.246 e. The largest absolute Gasteiger partial charge is 0.339 e. The van der Waals surface area contributed by atoms with Crippen LogP contribution in [0.2, 0.25) is 0 Å². The van der Waals surface area contributed by atoms with Gasteiger partial charge in [0.1, 0.15) is 5.82 Å². The molecule has 1 amide bonds. The number of amides is 1. The summed E-state index contributed by atoms with van der Waals surface area (Å²) < 4.78 is 1.74. The Balaban J connectivity index is 1.44. The summed E-state index contributed by atoms with van der Waals surface area (Å²) in [4.78, 5) is 27.9. The molecule has 8 nitrogen and oxygen atoms in total. The van der Waals surface area contributed by atoms with Gasteiger partial charge >= 0.3 is 0 Å². The van der Waals surface area contributed by atoms with E-state index in [4.69, 9.17) is 0 Å². The summed E-state index contributed by atoms with van der Waals surface area (Å²) in [5, 5.41) is 7.33. The average Bonchev–Trinajstić information content (AvgIpc) is 3.16. The monoisotopic (exact) mass is 417 g/mol. The van der Waals surface area contributed by atoms with Crippen molar-refractivity contribution in [1.29, 1.82) is 0 Å². The third kappa shape index (κ3) is 5.14. The number of carbonyl (C=O) groups excluding carboxylic acids is 1. The Kier molecular flexibility index (Phi) is 6.06. The third-order valence-corrected chi connectivity index (χ3v) is 5.47. The van der Waals surface area contributed by atoms with Gasteiger partial charge in [-0.25, -0.2) is 15.0 Å². The molecule has 1 N–H and O–H groups in total. The van der Waals surface area contributed by atoms with Crippen molar-refractivity contribution < 1.29 is 4.79 Å². The van der Waals surface area contributed by atoms with Crippen molar-refractivity contribution in [2.24, 2.45) is 7.05 Å². The van der Waals surface area contributed by atoms with E-state index in [1.807, 2.05) is 56.1 Å². The predicted molar refractivity (Wildman–Crippen MR) is 120 cm³/mol. The first-order valence-corrected chi connectivity index (χ1v) is 10.5.